The molecule has 0 bridgehead atoms. The molecule has 1 aromatic heterocycles. The van der Waals surface area contributed by atoms with Crippen LogP contribution in [-0.2, 0) is 4.74 Å². The third-order valence-corrected chi connectivity index (χ3v) is 4.07. The molecule has 0 fully saturated rings. The Kier molecular flexibility index (Phi) is 6.36. The zero-order chi connectivity index (χ0) is 22.4. The molecule has 0 atom stereocenters. The number of nitrogens with one attached hydrogen (secondary N) is 1. The van der Waals surface area contributed by atoms with Crippen molar-refractivity contribution in [3.8, 4) is 11.3 Å². The van der Waals surface area contributed by atoms with Gasteiger partial charge in [-0.1, -0.05) is 12.1 Å². The van der Waals surface area contributed by atoms with E-state index < -0.39 is 27.2 Å². The lowest BCUT2D eigenvalue weighted by Gasteiger charge is -2.02. The molecule has 0 aliphatic heterocycles. The number of hydrogen-bond donors (Lipinski definition) is 1. The predicted octanol–water partition coefficient (Wildman–Crippen LogP) is 4.39. The van der Waals surface area contributed by atoms with Gasteiger partial charge in [-0.05, 0) is 37.3 Å². The highest BCUT2D eigenvalue weighted by Gasteiger charge is 2.19. The van der Waals surface area contributed by atoms with Crippen molar-refractivity contribution < 1.29 is 23.8 Å². The van der Waals surface area contributed by atoms with Gasteiger partial charge in [0.2, 0.25) is 0 Å². The standard InChI is InChI=1S/C20H16N4O7/c1-2-30-20(25)14-5-3-13(4-6-14)19-10-8-16(31-19)12-21-22-17-9-7-15(23(26)27)11-18(17)24(28)29/h3-12,22H,2H2,1H3/b21-12-. The molecular formula is C20H16N4O7. The summed E-state index contributed by atoms with van der Waals surface area (Å²) in [5, 5.41) is 25.8. The maximum atomic E-state index is 11.7. The van der Waals surface area contributed by atoms with Crippen molar-refractivity contribution in [2.75, 3.05) is 12.0 Å². The van der Waals surface area contributed by atoms with E-state index >= 15 is 0 Å². The second-order valence-electron chi connectivity index (χ2n) is 6.09. The highest BCUT2D eigenvalue weighted by Crippen LogP contribution is 2.29. The molecule has 11 nitrogen and oxygen atoms in total. The molecule has 31 heavy (non-hydrogen) atoms. The smallest absolute Gasteiger partial charge is 0.338 e. The lowest BCUT2D eigenvalue weighted by molar-refractivity contribution is -0.393. The lowest BCUT2D eigenvalue weighted by Crippen LogP contribution is -2.03. The maximum absolute atomic E-state index is 11.7. The van der Waals surface area contributed by atoms with Crippen LogP contribution < -0.4 is 5.43 Å². The number of ether oxygens (including phenoxy) is 1. The van der Waals surface area contributed by atoms with Crippen LogP contribution >= 0.6 is 0 Å². The molecule has 0 radical (unpaired) electrons. The quantitative estimate of drug-likeness (QED) is 0.242. The number of non-ortho nitro benzene ring substituents is 1. The van der Waals surface area contributed by atoms with E-state index in [0.29, 0.717) is 23.7 Å². The number of anilines is 1. The van der Waals surface area contributed by atoms with Crippen molar-refractivity contribution >= 4 is 29.2 Å². The van der Waals surface area contributed by atoms with Crippen molar-refractivity contribution in [1.29, 1.82) is 0 Å². The first-order valence-electron chi connectivity index (χ1n) is 8.98. The van der Waals surface area contributed by atoms with E-state index in [-0.39, 0.29) is 5.69 Å². The van der Waals surface area contributed by atoms with Crippen LogP contribution in [0.1, 0.15) is 23.0 Å². The number of nitro groups is 2. The summed E-state index contributed by atoms with van der Waals surface area (Å²) in [4.78, 5) is 32.2. The largest absolute Gasteiger partial charge is 0.462 e. The fourth-order valence-electron chi connectivity index (χ4n) is 2.61. The van der Waals surface area contributed by atoms with Gasteiger partial charge in [-0.15, -0.1) is 0 Å². The zero-order valence-electron chi connectivity index (χ0n) is 16.2. The first-order valence-corrected chi connectivity index (χ1v) is 8.98. The van der Waals surface area contributed by atoms with Gasteiger partial charge in [0.15, 0.2) is 0 Å². The third kappa shape index (κ3) is 5.09. The van der Waals surface area contributed by atoms with Gasteiger partial charge in [-0.3, -0.25) is 25.7 Å². The average molecular weight is 424 g/mol. The van der Waals surface area contributed by atoms with Gasteiger partial charge in [0, 0.05) is 11.6 Å². The summed E-state index contributed by atoms with van der Waals surface area (Å²) < 4.78 is 10.6. The normalized spacial score (nSPS) is 10.7. The van der Waals surface area contributed by atoms with Gasteiger partial charge in [-0.25, -0.2) is 4.79 Å². The van der Waals surface area contributed by atoms with Gasteiger partial charge >= 0.3 is 11.7 Å². The average Bonchev–Trinajstić information content (AvgIpc) is 3.23. The molecule has 3 aromatic rings. The first-order chi connectivity index (χ1) is 14.9. The summed E-state index contributed by atoms with van der Waals surface area (Å²) in [7, 11) is 0. The summed E-state index contributed by atoms with van der Waals surface area (Å²) in [6, 6.07) is 13.2. The molecule has 1 N–H and O–H groups in total. The summed E-state index contributed by atoms with van der Waals surface area (Å²) in [6.07, 6.45) is 1.31. The number of hydrazone groups is 1. The molecule has 0 aliphatic rings. The van der Waals surface area contributed by atoms with E-state index in [1.54, 1.807) is 43.3 Å². The van der Waals surface area contributed by atoms with Crippen LogP contribution in [0, 0.1) is 20.2 Å². The molecule has 0 saturated carbocycles. The molecule has 3 rings (SSSR count). The number of furan rings is 1. The van der Waals surface area contributed by atoms with Crippen LogP contribution in [0.4, 0.5) is 17.1 Å². The third-order valence-electron chi connectivity index (χ3n) is 4.07. The fraction of sp³-hybridized carbons (Fsp3) is 0.100. The Balaban J connectivity index is 1.71. The predicted molar refractivity (Wildman–Crippen MR) is 111 cm³/mol. The second kappa shape index (κ2) is 9.31. The summed E-state index contributed by atoms with van der Waals surface area (Å²) in [5.74, 6) is 0.479. The number of benzene rings is 2. The number of nitro benzene ring substituents is 2. The number of rotatable bonds is 8. The Hall–Kier alpha value is -4.54. The van der Waals surface area contributed by atoms with Crippen LogP contribution in [0.2, 0.25) is 0 Å². The molecule has 1 heterocycles. The summed E-state index contributed by atoms with van der Waals surface area (Å²) in [5.41, 5.74) is 2.75. The zero-order valence-corrected chi connectivity index (χ0v) is 16.2. The van der Waals surface area contributed by atoms with E-state index in [2.05, 4.69) is 10.5 Å². The summed E-state index contributed by atoms with van der Waals surface area (Å²) >= 11 is 0. The monoisotopic (exact) mass is 424 g/mol. The molecule has 2 aromatic carbocycles. The Morgan fingerprint density at radius 1 is 1.10 bits per heavy atom. The minimum Gasteiger partial charge on any atom is -0.462 e. The Morgan fingerprint density at radius 3 is 2.48 bits per heavy atom. The maximum Gasteiger partial charge on any atom is 0.338 e. The SMILES string of the molecule is CCOC(=O)c1ccc(-c2ccc(/C=N\Nc3ccc([N+](=O)[O-])cc3[N+](=O)[O-])o2)cc1. The molecule has 0 aliphatic carbocycles. The highest BCUT2D eigenvalue weighted by atomic mass is 16.6. The number of carbonyl (C=O) groups is 1. The Labute approximate surface area is 175 Å². The molecule has 0 unspecified atom stereocenters. The van der Waals surface area contributed by atoms with Crippen molar-refractivity contribution in [2.45, 2.75) is 6.92 Å². The Morgan fingerprint density at radius 2 is 1.84 bits per heavy atom. The van der Waals surface area contributed by atoms with Gasteiger partial charge in [0.05, 0.1) is 34.3 Å². The van der Waals surface area contributed by atoms with Crippen LogP contribution in [-0.4, -0.2) is 28.6 Å². The van der Waals surface area contributed by atoms with Gasteiger partial charge < -0.3 is 9.15 Å². The molecule has 0 amide bonds. The number of carbonyl (C=O) groups excluding carboxylic acids is 1. The van der Waals surface area contributed by atoms with Gasteiger partial charge in [0.25, 0.3) is 5.69 Å². The Bertz CT molecular complexity index is 1150. The van der Waals surface area contributed by atoms with Crippen LogP contribution in [0.25, 0.3) is 11.3 Å². The van der Waals surface area contributed by atoms with Crippen LogP contribution in [0.3, 0.4) is 0 Å². The number of esters is 1. The van der Waals surface area contributed by atoms with Crippen LogP contribution in [0.15, 0.2) is 64.1 Å². The number of nitrogens with zero attached hydrogens (tertiary/aromatic N) is 3. The molecule has 158 valence electrons. The first kappa shape index (κ1) is 21.2. The number of hydrogen-bond acceptors (Lipinski definition) is 9. The van der Waals surface area contributed by atoms with E-state index in [9.17, 15) is 25.0 Å². The molecule has 0 spiro atoms. The van der Waals surface area contributed by atoms with E-state index in [1.165, 1.54) is 12.3 Å². The van der Waals surface area contributed by atoms with Crippen molar-refractivity contribution in [2.24, 2.45) is 5.10 Å². The second-order valence-corrected chi connectivity index (χ2v) is 6.09. The lowest BCUT2D eigenvalue weighted by atomic mass is 10.1. The molecular weight excluding hydrogens is 408 g/mol. The molecule has 11 heteroatoms. The van der Waals surface area contributed by atoms with E-state index in [1.807, 2.05) is 0 Å². The highest BCUT2D eigenvalue weighted by molar-refractivity contribution is 5.90. The van der Waals surface area contributed by atoms with Crippen molar-refractivity contribution in [3.63, 3.8) is 0 Å². The summed E-state index contributed by atoms with van der Waals surface area (Å²) in [6.45, 7) is 2.02. The van der Waals surface area contributed by atoms with Crippen molar-refractivity contribution in [3.05, 3.63) is 86.1 Å². The minimum absolute atomic E-state index is 0.00631. The van der Waals surface area contributed by atoms with E-state index in [4.69, 9.17) is 9.15 Å². The van der Waals surface area contributed by atoms with Gasteiger partial charge in [0.1, 0.15) is 17.2 Å². The minimum atomic E-state index is -0.740. The van der Waals surface area contributed by atoms with Crippen molar-refractivity contribution in [1.82, 2.24) is 0 Å². The van der Waals surface area contributed by atoms with E-state index in [0.717, 1.165) is 17.7 Å². The topological polar surface area (TPSA) is 150 Å². The fourth-order valence-corrected chi connectivity index (χ4v) is 2.61. The van der Waals surface area contributed by atoms with Crippen LogP contribution in [0.5, 0.6) is 0 Å². The molecule has 0 saturated heterocycles. The van der Waals surface area contributed by atoms with Gasteiger partial charge in [-0.2, -0.15) is 5.10 Å².